The third-order valence-electron chi connectivity index (χ3n) is 4.65. The molecule has 3 nitrogen and oxygen atoms in total. The fourth-order valence-corrected chi connectivity index (χ4v) is 3.62. The molecular weight excluding hydrogens is 212 g/mol. The minimum atomic E-state index is -0.0369. The van der Waals surface area contributed by atoms with Crippen molar-refractivity contribution in [3.05, 3.63) is 0 Å². The van der Waals surface area contributed by atoms with Crippen LogP contribution in [-0.2, 0) is 0 Å². The van der Waals surface area contributed by atoms with Crippen molar-refractivity contribution in [2.45, 2.75) is 64.1 Å². The van der Waals surface area contributed by atoms with Crippen molar-refractivity contribution in [3.63, 3.8) is 0 Å². The number of piperidine rings is 1. The van der Waals surface area contributed by atoms with E-state index in [-0.39, 0.29) is 12.1 Å². The van der Waals surface area contributed by atoms with E-state index in [0.29, 0.717) is 6.04 Å². The molecule has 0 spiro atoms. The Morgan fingerprint density at radius 3 is 2.76 bits per heavy atom. The summed E-state index contributed by atoms with van der Waals surface area (Å²) in [7, 11) is 0. The first-order valence-electron chi connectivity index (χ1n) is 7.17. The van der Waals surface area contributed by atoms with E-state index < -0.39 is 0 Å². The summed E-state index contributed by atoms with van der Waals surface area (Å²) in [6.07, 6.45) is 5.19. The van der Waals surface area contributed by atoms with Crippen molar-refractivity contribution in [2.75, 3.05) is 19.7 Å². The molecule has 3 unspecified atom stereocenters. The van der Waals surface area contributed by atoms with Gasteiger partial charge in [0.1, 0.15) is 0 Å². The highest BCUT2D eigenvalue weighted by atomic mass is 16.3. The van der Waals surface area contributed by atoms with Gasteiger partial charge in [-0.25, -0.2) is 0 Å². The number of aliphatic hydroxyl groups excluding tert-OH is 1. The fourth-order valence-electron chi connectivity index (χ4n) is 3.62. The normalized spacial score (nSPS) is 40.1. The van der Waals surface area contributed by atoms with Crippen molar-refractivity contribution in [3.8, 4) is 0 Å². The van der Waals surface area contributed by atoms with Gasteiger partial charge in [-0.1, -0.05) is 6.42 Å². The van der Waals surface area contributed by atoms with Crippen LogP contribution in [0.15, 0.2) is 0 Å². The molecule has 0 bridgehead atoms. The van der Waals surface area contributed by atoms with Gasteiger partial charge in [0.2, 0.25) is 0 Å². The molecule has 2 N–H and O–H groups in total. The van der Waals surface area contributed by atoms with Crippen molar-refractivity contribution in [1.29, 1.82) is 0 Å². The summed E-state index contributed by atoms with van der Waals surface area (Å²) in [5.41, 5.74) is -0.0369. The van der Waals surface area contributed by atoms with Gasteiger partial charge >= 0.3 is 0 Å². The third-order valence-corrected chi connectivity index (χ3v) is 4.65. The first-order chi connectivity index (χ1) is 8.06. The molecule has 2 fully saturated rings. The van der Waals surface area contributed by atoms with Crippen LogP contribution in [0.1, 0.15) is 46.5 Å². The summed E-state index contributed by atoms with van der Waals surface area (Å²) < 4.78 is 0. The van der Waals surface area contributed by atoms with Crippen LogP contribution in [0, 0.1) is 5.92 Å². The van der Waals surface area contributed by atoms with Gasteiger partial charge in [0.05, 0.1) is 6.61 Å². The molecule has 2 heterocycles. The number of nitrogens with one attached hydrogen (secondary N) is 1. The molecule has 3 heteroatoms. The lowest BCUT2D eigenvalue weighted by molar-refractivity contribution is 0.0713. The Kier molecular flexibility index (Phi) is 4.11. The van der Waals surface area contributed by atoms with Gasteiger partial charge < -0.3 is 10.4 Å². The Bertz CT molecular complexity index is 257. The van der Waals surface area contributed by atoms with E-state index in [9.17, 15) is 5.11 Å². The van der Waals surface area contributed by atoms with E-state index in [0.717, 1.165) is 24.9 Å². The molecule has 2 saturated heterocycles. The minimum Gasteiger partial charge on any atom is -0.394 e. The number of aliphatic hydroxyl groups is 1. The average molecular weight is 240 g/mol. The van der Waals surface area contributed by atoms with E-state index in [2.05, 4.69) is 31.0 Å². The van der Waals surface area contributed by atoms with Crippen LogP contribution in [0.25, 0.3) is 0 Å². The van der Waals surface area contributed by atoms with Crippen LogP contribution in [-0.4, -0.2) is 47.3 Å². The summed E-state index contributed by atoms with van der Waals surface area (Å²) in [6, 6.07) is 1.38. The Labute approximate surface area is 106 Å². The topological polar surface area (TPSA) is 35.5 Å². The predicted octanol–water partition coefficient (Wildman–Crippen LogP) is 1.61. The Hall–Kier alpha value is -0.120. The second-order valence-electron chi connectivity index (χ2n) is 6.46. The molecular formula is C14H28N2O. The maximum atomic E-state index is 9.44. The predicted molar refractivity (Wildman–Crippen MR) is 71.1 cm³/mol. The maximum absolute atomic E-state index is 9.44. The molecule has 0 radical (unpaired) electrons. The lowest BCUT2D eigenvalue weighted by atomic mass is 9.85. The van der Waals surface area contributed by atoms with Gasteiger partial charge in [-0.3, -0.25) is 4.90 Å². The van der Waals surface area contributed by atoms with E-state index in [1.165, 1.54) is 25.8 Å². The molecule has 0 aromatic rings. The zero-order valence-corrected chi connectivity index (χ0v) is 11.6. The summed E-state index contributed by atoms with van der Waals surface area (Å²) >= 11 is 0. The van der Waals surface area contributed by atoms with E-state index >= 15 is 0 Å². The highest BCUT2D eigenvalue weighted by molar-refractivity contribution is 4.98. The lowest BCUT2D eigenvalue weighted by Crippen LogP contribution is -2.48. The van der Waals surface area contributed by atoms with Crippen molar-refractivity contribution in [1.82, 2.24) is 10.2 Å². The number of nitrogens with zero attached hydrogens (tertiary/aromatic N) is 1. The smallest absolute Gasteiger partial charge is 0.0610 e. The molecule has 2 rings (SSSR count). The molecule has 0 saturated carbocycles. The van der Waals surface area contributed by atoms with Gasteiger partial charge in [-0.15, -0.1) is 0 Å². The van der Waals surface area contributed by atoms with Crippen LogP contribution < -0.4 is 5.32 Å². The van der Waals surface area contributed by atoms with Crippen LogP contribution >= 0.6 is 0 Å². The first-order valence-corrected chi connectivity index (χ1v) is 7.17. The minimum absolute atomic E-state index is 0.0369. The van der Waals surface area contributed by atoms with Crippen LogP contribution in [0.2, 0.25) is 0 Å². The van der Waals surface area contributed by atoms with Gasteiger partial charge in [-0.2, -0.15) is 0 Å². The fraction of sp³-hybridized carbons (Fsp3) is 1.00. The molecule has 3 atom stereocenters. The highest BCUT2D eigenvalue weighted by Gasteiger charge is 2.40. The summed E-state index contributed by atoms with van der Waals surface area (Å²) in [5, 5.41) is 13.0. The maximum Gasteiger partial charge on any atom is 0.0610 e. The second kappa shape index (κ2) is 5.25. The van der Waals surface area contributed by atoms with Crippen LogP contribution in [0.3, 0.4) is 0 Å². The van der Waals surface area contributed by atoms with Gasteiger partial charge in [0.15, 0.2) is 0 Å². The van der Waals surface area contributed by atoms with Gasteiger partial charge in [0, 0.05) is 24.2 Å². The SMILES string of the molecule is CC(C)N1CCCCC1C1CNC(C)(CO)C1. The Morgan fingerprint density at radius 1 is 1.41 bits per heavy atom. The van der Waals surface area contributed by atoms with Crippen LogP contribution in [0.4, 0.5) is 0 Å². The zero-order chi connectivity index (χ0) is 12.5. The first kappa shape index (κ1) is 13.3. The summed E-state index contributed by atoms with van der Waals surface area (Å²) in [6.45, 7) is 9.37. The molecule has 0 aliphatic carbocycles. The molecule has 0 amide bonds. The summed E-state index contributed by atoms with van der Waals surface area (Å²) in [5.74, 6) is 0.717. The van der Waals surface area contributed by atoms with E-state index in [1.807, 2.05) is 0 Å². The Morgan fingerprint density at radius 2 is 2.18 bits per heavy atom. The zero-order valence-electron chi connectivity index (χ0n) is 11.6. The molecule has 0 aromatic carbocycles. The lowest BCUT2D eigenvalue weighted by Gasteiger charge is -2.42. The van der Waals surface area contributed by atoms with Gasteiger partial charge in [-0.05, 0) is 52.5 Å². The van der Waals surface area contributed by atoms with Gasteiger partial charge in [0.25, 0.3) is 0 Å². The number of likely N-dealkylation sites (tertiary alicyclic amines) is 1. The molecule has 0 aromatic heterocycles. The standard InChI is InChI=1S/C14H28N2O/c1-11(2)16-7-5-4-6-13(16)12-8-14(3,10-17)15-9-12/h11-13,15,17H,4-10H2,1-3H3. The Balaban J connectivity index is 2.01. The van der Waals surface area contributed by atoms with E-state index in [4.69, 9.17) is 0 Å². The largest absolute Gasteiger partial charge is 0.394 e. The van der Waals surface area contributed by atoms with Crippen LogP contribution in [0.5, 0.6) is 0 Å². The second-order valence-corrected chi connectivity index (χ2v) is 6.46. The number of rotatable bonds is 3. The average Bonchev–Trinajstić information content (AvgIpc) is 2.73. The third kappa shape index (κ3) is 2.83. The van der Waals surface area contributed by atoms with Crippen molar-refractivity contribution >= 4 is 0 Å². The molecule has 100 valence electrons. The molecule has 2 aliphatic heterocycles. The summed E-state index contributed by atoms with van der Waals surface area (Å²) in [4.78, 5) is 2.68. The number of hydrogen-bond acceptors (Lipinski definition) is 3. The highest BCUT2D eigenvalue weighted by Crippen LogP contribution is 2.33. The quantitative estimate of drug-likeness (QED) is 0.787. The van der Waals surface area contributed by atoms with Crippen molar-refractivity contribution in [2.24, 2.45) is 5.92 Å². The van der Waals surface area contributed by atoms with Crippen molar-refractivity contribution < 1.29 is 5.11 Å². The molecule has 17 heavy (non-hydrogen) atoms. The molecule has 2 aliphatic rings. The number of hydrogen-bond donors (Lipinski definition) is 2. The van der Waals surface area contributed by atoms with E-state index in [1.54, 1.807) is 0 Å². The monoisotopic (exact) mass is 240 g/mol.